The molecule has 0 amide bonds. The first kappa shape index (κ1) is 23.9. The molecule has 0 saturated carbocycles. The van der Waals surface area contributed by atoms with Crippen LogP contribution in [-0.4, -0.2) is 15.3 Å². The minimum Gasteiger partial charge on any atom is -0.507 e. The Hall–Kier alpha value is -3.24. The van der Waals surface area contributed by atoms with Gasteiger partial charge in [0, 0.05) is 10.0 Å². The van der Waals surface area contributed by atoms with Gasteiger partial charge < -0.3 is 15.6 Å². The SMILES string of the molecule is CC(C)(C)c1cc(C2C(C#N)=C(N)Oc3n[nH]c(-c4ccc(Br)cc4)c32)cc(C(C)(C)C)c1O. The number of aromatic nitrogens is 2. The highest BCUT2D eigenvalue weighted by molar-refractivity contribution is 9.10. The first-order valence-corrected chi connectivity index (χ1v) is 11.9. The Morgan fingerprint density at radius 3 is 2.12 bits per heavy atom. The minimum absolute atomic E-state index is 0.0385. The predicted octanol–water partition coefficient (Wildman–Crippen LogP) is 6.36. The number of nitrogens with zero attached hydrogens (tertiary/aromatic N) is 2. The van der Waals surface area contributed by atoms with E-state index in [4.69, 9.17) is 10.5 Å². The number of aromatic hydroxyl groups is 1. The van der Waals surface area contributed by atoms with Crippen molar-refractivity contribution in [3.8, 4) is 29.0 Å². The van der Waals surface area contributed by atoms with Crippen molar-refractivity contribution >= 4 is 15.9 Å². The Morgan fingerprint density at radius 1 is 1.06 bits per heavy atom. The van der Waals surface area contributed by atoms with Gasteiger partial charge in [-0.2, -0.15) is 5.26 Å². The molecular weight excluding hydrogens is 492 g/mol. The van der Waals surface area contributed by atoms with Crippen molar-refractivity contribution in [3.05, 3.63) is 74.6 Å². The van der Waals surface area contributed by atoms with Crippen LogP contribution in [0.25, 0.3) is 11.3 Å². The smallest absolute Gasteiger partial charge is 0.244 e. The monoisotopic (exact) mass is 520 g/mol. The number of rotatable bonds is 2. The van der Waals surface area contributed by atoms with Crippen LogP contribution in [0, 0.1) is 11.3 Å². The van der Waals surface area contributed by atoms with Gasteiger partial charge in [0.1, 0.15) is 17.4 Å². The highest BCUT2D eigenvalue weighted by Crippen LogP contribution is 2.49. The molecule has 1 atom stereocenters. The topological polar surface area (TPSA) is 108 Å². The van der Waals surface area contributed by atoms with Crippen LogP contribution in [0.15, 0.2) is 52.3 Å². The summed E-state index contributed by atoms with van der Waals surface area (Å²) in [6, 6.07) is 14.1. The van der Waals surface area contributed by atoms with E-state index in [9.17, 15) is 10.4 Å². The molecule has 3 aromatic rings. The molecule has 4 N–H and O–H groups in total. The zero-order chi connectivity index (χ0) is 25.0. The lowest BCUT2D eigenvalue weighted by molar-refractivity contribution is 0.378. The predicted molar refractivity (Wildman–Crippen MR) is 137 cm³/mol. The zero-order valence-corrected chi connectivity index (χ0v) is 21.8. The van der Waals surface area contributed by atoms with E-state index in [0.717, 1.165) is 38.0 Å². The van der Waals surface area contributed by atoms with Gasteiger partial charge >= 0.3 is 0 Å². The fourth-order valence-electron chi connectivity index (χ4n) is 4.38. The molecule has 7 heteroatoms. The van der Waals surface area contributed by atoms with Crippen LogP contribution in [-0.2, 0) is 10.8 Å². The molecule has 0 spiro atoms. The van der Waals surface area contributed by atoms with E-state index >= 15 is 0 Å². The largest absolute Gasteiger partial charge is 0.507 e. The molecular formula is C27H29BrN4O2. The van der Waals surface area contributed by atoms with Crippen LogP contribution in [0.4, 0.5) is 0 Å². The molecule has 2 aromatic carbocycles. The van der Waals surface area contributed by atoms with Crippen molar-refractivity contribution < 1.29 is 9.84 Å². The second-order valence-electron chi connectivity index (χ2n) is 10.7. The molecule has 0 radical (unpaired) electrons. The highest BCUT2D eigenvalue weighted by Gasteiger charge is 2.37. The van der Waals surface area contributed by atoms with Crippen molar-refractivity contribution in [1.29, 1.82) is 5.26 Å². The lowest BCUT2D eigenvalue weighted by Gasteiger charge is -2.31. The first-order valence-electron chi connectivity index (χ1n) is 11.1. The number of benzene rings is 2. The van der Waals surface area contributed by atoms with Gasteiger partial charge in [-0.25, -0.2) is 0 Å². The summed E-state index contributed by atoms with van der Waals surface area (Å²) in [5, 5.41) is 28.8. The number of halogens is 1. The quantitative estimate of drug-likeness (QED) is 0.364. The summed E-state index contributed by atoms with van der Waals surface area (Å²) in [7, 11) is 0. The van der Waals surface area contributed by atoms with E-state index in [1.807, 2.05) is 36.4 Å². The summed E-state index contributed by atoms with van der Waals surface area (Å²) in [6.45, 7) is 12.4. The third-order valence-electron chi connectivity index (χ3n) is 6.15. The average molecular weight is 521 g/mol. The third-order valence-corrected chi connectivity index (χ3v) is 6.68. The Kier molecular flexibility index (Phi) is 5.77. The molecule has 1 aliphatic rings. The fourth-order valence-corrected chi connectivity index (χ4v) is 4.65. The summed E-state index contributed by atoms with van der Waals surface area (Å²) in [4.78, 5) is 0. The van der Waals surface area contributed by atoms with Crippen molar-refractivity contribution in [2.24, 2.45) is 5.73 Å². The average Bonchev–Trinajstić information content (AvgIpc) is 3.15. The van der Waals surface area contributed by atoms with Gasteiger partial charge in [-0.1, -0.05) is 81.7 Å². The van der Waals surface area contributed by atoms with Crippen molar-refractivity contribution in [2.75, 3.05) is 0 Å². The second-order valence-corrected chi connectivity index (χ2v) is 11.6. The van der Waals surface area contributed by atoms with Crippen molar-refractivity contribution in [2.45, 2.75) is 58.3 Å². The molecule has 4 rings (SSSR count). The molecule has 6 nitrogen and oxygen atoms in total. The second kappa shape index (κ2) is 8.21. The molecule has 0 saturated heterocycles. The van der Waals surface area contributed by atoms with E-state index in [2.05, 4.69) is 73.7 Å². The van der Waals surface area contributed by atoms with Crippen molar-refractivity contribution in [1.82, 2.24) is 10.2 Å². The maximum Gasteiger partial charge on any atom is 0.244 e. The Balaban J connectivity index is 2.04. The number of phenols is 1. The van der Waals surface area contributed by atoms with Crippen LogP contribution < -0.4 is 10.5 Å². The van der Waals surface area contributed by atoms with Gasteiger partial charge in [0.2, 0.25) is 11.8 Å². The van der Waals surface area contributed by atoms with Crippen LogP contribution in [0.1, 0.15) is 69.7 Å². The van der Waals surface area contributed by atoms with Crippen LogP contribution in [0.5, 0.6) is 11.6 Å². The fraction of sp³-hybridized carbons (Fsp3) is 0.333. The summed E-state index contributed by atoms with van der Waals surface area (Å²) < 4.78 is 6.73. The van der Waals surface area contributed by atoms with E-state index in [1.165, 1.54) is 0 Å². The van der Waals surface area contributed by atoms with Gasteiger partial charge in [0.05, 0.1) is 17.2 Å². The molecule has 1 aromatic heterocycles. The lowest BCUT2D eigenvalue weighted by Crippen LogP contribution is -2.23. The van der Waals surface area contributed by atoms with E-state index in [-0.39, 0.29) is 22.5 Å². The van der Waals surface area contributed by atoms with Crippen LogP contribution >= 0.6 is 15.9 Å². The molecule has 34 heavy (non-hydrogen) atoms. The number of nitrogens with two attached hydrogens (primary N) is 1. The van der Waals surface area contributed by atoms with Gasteiger partial charge in [0.25, 0.3) is 0 Å². The number of hydrogen-bond donors (Lipinski definition) is 3. The van der Waals surface area contributed by atoms with Gasteiger partial charge in [0.15, 0.2) is 0 Å². The number of phenolic OH excluding ortho intramolecular Hbond substituents is 1. The summed E-state index contributed by atoms with van der Waals surface area (Å²) >= 11 is 3.48. The number of H-pyrrole nitrogens is 1. The van der Waals surface area contributed by atoms with Gasteiger partial charge in [-0.3, -0.25) is 5.10 Å². The maximum absolute atomic E-state index is 11.2. The van der Waals surface area contributed by atoms with E-state index in [0.29, 0.717) is 11.5 Å². The molecule has 0 bridgehead atoms. The number of hydrogen-bond acceptors (Lipinski definition) is 5. The van der Waals surface area contributed by atoms with E-state index in [1.54, 1.807) is 0 Å². The van der Waals surface area contributed by atoms with Crippen molar-refractivity contribution in [3.63, 3.8) is 0 Å². The molecule has 2 heterocycles. The first-order chi connectivity index (χ1) is 15.8. The zero-order valence-electron chi connectivity index (χ0n) is 20.2. The number of nitrogens with one attached hydrogen (secondary N) is 1. The Bertz CT molecular complexity index is 1300. The highest BCUT2D eigenvalue weighted by atomic mass is 79.9. The Morgan fingerprint density at radius 2 is 1.62 bits per heavy atom. The molecule has 0 fully saturated rings. The van der Waals surface area contributed by atoms with E-state index < -0.39 is 5.92 Å². The Labute approximate surface area is 208 Å². The summed E-state index contributed by atoms with van der Waals surface area (Å²) in [6.07, 6.45) is 0. The number of nitriles is 1. The normalized spacial score (nSPS) is 16.1. The van der Waals surface area contributed by atoms with Gasteiger partial charge in [-0.15, -0.1) is 5.10 Å². The molecule has 1 unspecified atom stereocenters. The van der Waals surface area contributed by atoms with Gasteiger partial charge in [-0.05, 0) is 39.7 Å². The maximum atomic E-state index is 11.2. The molecule has 1 aliphatic heterocycles. The number of allylic oxidation sites excluding steroid dienone is 1. The number of ether oxygens (including phenoxy) is 1. The summed E-state index contributed by atoms with van der Waals surface area (Å²) in [5.74, 6) is 0.166. The summed E-state index contributed by atoms with van der Waals surface area (Å²) in [5.41, 5.74) is 10.8. The van der Waals surface area contributed by atoms with Crippen LogP contribution in [0.3, 0.4) is 0 Å². The van der Waals surface area contributed by atoms with Crippen LogP contribution in [0.2, 0.25) is 0 Å². The molecule has 0 aliphatic carbocycles. The third kappa shape index (κ3) is 4.07. The molecule has 176 valence electrons. The number of aromatic amines is 1. The minimum atomic E-state index is -0.506. The standard InChI is InChI=1S/C27H29BrN4O2/c1-26(2,3)18-11-15(12-19(23(18)33)27(4,5)6)20-17(13-29)24(30)34-25-21(20)22(31-32-25)14-7-9-16(28)10-8-14/h7-12,20,33H,30H2,1-6H3,(H,31,32). The lowest BCUT2D eigenvalue weighted by atomic mass is 9.74. The number of fused-ring (bicyclic) bond motifs is 1.